The number of carboxylic acid groups (broad SMARTS) is 1. The Morgan fingerprint density at radius 2 is 1.86 bits per heavy atom. The number of amides is 1. The minimum absolute atomic E-state index is 0.0235. The van der Waals surface area contributed by atoms with Crippen LogP contribution in [0.4, 0.5) is 0 Å². The Hall–Kier alpha value is -1.88. The molecule has 2 rings (SSSR count). The van der Waals surface area contributed by atoms with Crippen molar-refractivity contribution in [2.45, 2.75) is 44.2 Å². The minimum atomic E-state index is -0.984. The van der Waals surface area contributed by atoms with Gasteiger partial charge in [0.05, 0.1) is 6.04 Å². The molecule has 3 N–H and O–H groups in total. The Bertz CT molecular complexity index is 484. The van der Waals surface area contributed by atoms with Gasteiger partial charge in [-0.3, -0.25) is 9.59 Å². The quantitative estimate of drug-likeness (QED) is 0.829. The molecule has 5 nitrogen and oxygen atoms in total. The molecule has 1 amide bonds. The number of hydrogen-bond acceptors (Lipinski definition) is 3. The Balaban J connectivity index is 2.04. The average molecular weight is 290 g/mol. The summed E-state index contributed by atoms with van der Waals surface area (Å²) >= 11 is 0. The fourth-order valence-electron chi connectivity index (χ4n) is 2.92. The molecule has 1 aromatic rings. The third-order valence-electron chi connectivity index (χ3n) is 3.97. The standard InChI is InChI=1S/C16H22N2O3/c17-14(10-12-6-2-1-3-7-12)16(21)18(11-15(19)20)13-8-4-5-9-13/h1-3,6-7,13-14H,4-5,8-11,17H2,(H,19,20). The summed E-state index contributed by atoms with van der Waals surface area (Å²) < 4.78 is 0. The van der Waals surface area contributed by atoms with Gasteiger partial charge in [-0.05, 0) is 24.8 Å². The van der Waals surface area contributed by atoms with Gasteiger partial charge in [0, 0.05) is 6.04 Å². The van der Waals surface area contributed by atoms with Crippen molar-refractivity contribution >= 4 is 11.9 Å². The molecule has 1 unspecified atom stereocenters. The van der Waals surface area contributed by atoms with E-state index in [1.54, 1.807) is 0 Å². The van der Waals surface area contributed by atoms with Crippen molar-refractivity contribution in [2.75, 3.05) is 6.54 Å². The van der Waals surface area contributed by atoms with Crippen molar-refractivity contribution < 1.29 is 14.7 Å². The van der Waals surface area contributed by atoms with E-state index in [1.807, 2.05) is 30.3 Å². The van der Waals surface area contributed by atoms with E-state index >= 15 is 0 Å². The van der Waals surface area contributed by atoms with Crippen LogP contribution < -0.4 is 5.73 Å². The molecule has 0 spiro atoms. The molecule has 1 atom stereocenters. The summed E-state index contributed by atoms with van der Waals surface area (Å²) in [4.78, 5) is 25.0. The lowest BCUT2D eigenvalue weighted by molar-refractivity contribution is -0.146. The number of aliphatic carboxylic acids is 1. The van der Waals surface area contributed by atoms with E-state index in [9.17, 15) is 9.59 Å². The molecule has 0 aliphatic heterocycles. The van der Waals surface area contributed by atoms with Gasteiger partial charge in [-0.25, -0.2) is 0 Å². The predicted octanol–water partition coefficient (Wildman–Crippen LogP) is 1.41. The highest BCUT2D eigenvalue weighted by molar-refractivity contribution is 5.85. The van der Waals surface area contributed by atoms with Gasteiger partial charge < -0.3 is 15.7 Å². The second-order valence-corrected chi connectivity index (χ2v) is 5.59. The Morgan fingerprint density at radius 3 is 2.43 bits per heavy atom. The molecule has 1 saturated carbocycles. The zero-order chi connectivity index (χ0) is 15.2. The van der Waals surface area contributed by atoms with Crippen LogP contribution in [0.25, 0.3) is 0 Å². The normalized spacial score (nSPS) is 16.6. The SMILES string of the molecule is NC(Cc1ccccc1)C(=O)N(CC(=O)O)C1CCCC1. The molecule has 0 heterocycles. The van der Waals surface area contributed by atoms with Crippen LogP contribution in [0, 0.1) is 0 Å². The Kier molecular flexibility index (Phi) is 5.33. The van der Waals surface area contributed by atoms with Gasteiger partial charge >= 0.3 is 5.97 Å². The highest BCUT2D eigenvalue weighted by Crippen LogP contribution is 2.24. The highest BCUT2D eigenvalue weighted by Gasteiger charge is 2.31. The van der Waals surface area contributed by atoms with E-state index in [1.165, 1.54) is 4.90 Å². The smallest absolute Gasteiger partial charge is 0.323 e. The van der Waals surface area contributed by atoms with E-state index in [-0.39, 0.29) is 18.5 Å². The summed E-state index contributed by atoms with van der Waals surface area (Å²) in [5.41, 5.74) is 7.00. The zero-order valence-electron chi connectivity index (χ0n) is 12.1. The topological polar surface area (TPSA) is 83.6 Å². The third-order valence-corrected chi connectivity index (χ3v) is 3.97. The van der Waals surface area contributed by atoms with Crippen LogP contribution in [0.5, 0.6) is 0 Å². The number of rotatable bonds is 6. The average Bonchev–Trinajstić information content (AvgIpc) is 2.99. The molecule has 5 heteroatoms. The van der Waals surface area contributed by atoms with Gasteiger partial charge in [-0.2, -0.15) is 0 Å². The van der Waals surface area contributed by atoms with Crippen molar-refractivity contribution in [2.24, 2.45) is 5.73 Å². The molecule has 1 aliphatic rings. The van der Waals surface area contributed by atoms with Crippen LogP contribution >= 0.6 is 0 Å². The third kappa shape index (κ3) is 4.29. The summed E-state index contributed by atoms with van der Waals surface area (Å²) in [6.45, 7) is -0.258. The minimum Gasteiger partial charge on any atom is -0.480 e. The van der Waals surface area contributed by atoms with Crippen LogP contribution in [0.15, 0.2) is 30.3 Å². The lowest BCUT2D eigenvalue weighted by Crippen LogP contribution is -2.50. The van der Waals surface area contributed by atoms with Crippen molar-refractivity contribution in [1.82, 2.24) is 4.90 Å². The van der Waals surface area contributed by atoms with Gasteiger partial charge in [0.25, 0.3) is 0 Å². The van der Waals surface area contributed by atoms with Gasteiger partial charge in [-0.15, -0.1) is 0 Å². The van der Waals surface area contributed by atoms with Gasteiger partial charge in [0.15, 0.2) is 0 Å². The van der Waals surface area contributed by atoms with Crippen LogP contribution in [-0.4, -0.2) is 40.5 Å². The molecule has 0 aromatic heterocycles. The molecule has 1 aliphatic carbocycles. The number of hydrogen-bond donors (Lipinski definition) is 2. The molecule has 0 radical (unpaired) electrons. The molecule has 1 aromatic carbocycles. The maximum atomic E-state index is 12.5. The number of carbonyl (C=O) groups is 2. The molecular formula is C16H22N2O3. The van der Waals surface area contributed by atoms with E-state index < -0.39 is 12.0 Å². The van der Waals surface area contributed by atoms with Crippen molar-refractivity contribution in [3.63, 3.8) is 0 Å². The largest absolute Gasteiger partial charge is 0.480 e. The van der Waals surface area contributed by atoms with Crippen molar-refractivity contribution in [1.29, 1.82) is 0 Å². The van der Waals surface area contributed by atoms with Gasteiger partial charge in [0.1, 0.15) is 6.54 Å². The molecule has 114 valence electrons. The summed E-state index contributed by atoms with van der Waals surface area (Å²) in [7, 11) is 0. The zero-order valence-corrected chi connectivity index (χ0v) is 12.1. The number of carbonyl (C=O) groups excluding carboxylic acids is 1. The molecule has 1 fully saturated rings. The first-order chi connectivity index (χ1) is 10.1. The maximum absolute atomic E-state index is 12.5. The monoisotopic (exact) mass is 290 g/mol. The summed E-state index contributed by atoms with van der Waals surface area (Å²) in [6.07, 6.45) is 4.26. The molecular weight excluding hydrogens is 268 g/mol. The van der Waals surface area contributed by atoms with Gasteiger partial charge in [0.2, 0.25) is 5.91 Å². The molecule has 0 saturated heterocycles. The number of nitrogens with zero attached hydrogens (tertiary/aromatic N) is 1. The van der Waals surface area contributed by atoms with Crippen molar-refractivity contribution in [3.8, 4) is 0 Å². The van der Waals surface area contributed by atoms with Crippen LogP contribution in [0.1, 0.15) is 31.2 Å². The lowest BCUT2D eigenvalue weighted by atomic mass is 10.0. The summed E-state index contributed by atoms with van der Waals surface area (Å²) in [6, 6.07) is 8.89. The van der Waals surface area contributed by atoms with Crippen LogP contribution in [-0.2, 0) is 16.0 Å². The fourth-order valence-corrected chi connectivity index (χ4v) is 2.92. The van der Waals surface area contributed by atoms with E-state index in [0.29, 0.717) is 6.42 Å². The second-order valence-electron chi connectivity index (χ2n) is 5.59. The van der Waals surface area contributed by atoms with Gasteiger partial charge in [-0.1, -0.05) is 43.2 Å². The number of benzene rings is 1. The first-order valence-corrected chi connectivity index (χ1v) is 7.39. The highest BCUT2D eigenvalue weighted by atomic mass is 16.4. The molecule has 21 heavy (non-hydrogen) atoms. The summed E-state index contributed by atoms with van der Waals surface area (Å²) in [5, 5.41) is 9.03. The molecule has 0 bridgehead atoms. The number of nitrogens with two attached hydrogens (primary N) is 1. The first kappa shape index (κ1) is 15.5. The predicted molar refractivity (Wildman–Crippen MR) is 79.7 cm³/mol. The lowest BCUT2D eigenvalue weighted by Gasteiger charge is -2.29. The number of carboxylic acids is 1. The van der Waals surface area contributed by atoms with Crippen LogP contribution in [0.3, 0.4) is 0 Å². The van der Waals surface area contributed by atoms with Crippen molar-refractivity contribution in [3.05, 3.63) is 35.9 Å². The fraction of sp³-hybridized carbons (Fsp3) is 0.500. The Labute approximate surface area is 124 Å². The van der Waals surface area contributed by atoms with Crippen LogP contribution in [0.2, 0.25) is 0 Å². The Morgan fingerprint density at radius 1 is 1.24 bits per heavy atom. The maximum Gasteiger partial charge on any atom is 0.323 e. The first-order valence-electron chi connectivity index (χ1n) is 7.39. The van der Waals surface area contributed by atoms with E-state index in [0.717, 1.165) is 31.2 Å². The van der Waals surface area contributed by atoms with E-state index in [2.05, 4.69) is 0 Å². The second kappa shape index (κ2) is 7.22. The van der Waals surface area contributed by atoms with E-state index in [4.69, 9.17) is 10.8 Å². The summed E-state index contributed by atoms with van der Waals surface area (Å²) in [5.74, 6) is -1.24.